The summed E-state index contributed by atoms with van der Waals surface area (Å²) in [6.07, 6.45) is 12.5. The first-order valence-corrected chi connectivity index (χ1v) is 13.3. The first kappa shape index (κ1) is 31.7. The number of hydrogen-bond donors (Lipinski definition) is 1. The molecular weight excluding hydrogens is 455 g/mol. The van der Waals surface area contributed by atoms with Crippen LogP contribution in [0.3, 0.4) is 0 Å². The predicted octanol–water partition coefficient (Wildman–Crippen LogP) is 9.34. The number of nitrogens with zero attached hydrogens (tertiary/aromatic N) is 1. The maximum atomic E-state index is 13.1. The van der Waals surface area contributed by atoms with Crippen molar-refractivity contribution in [3.05, 3.63) is 114 Å². The maximum Gasteiger partial charge on any atom is 0.123 e. The molecule has 37 heavy (non-hydrogen) atoms. The van der Waals surface area contributed by atoms with Gasteiger partial charge in [0.15, 0.2) is 0 Å². The lowest BCUT2D eigenvalue weighted by molar-refractivity contribution is 0.370. The number of piperidine rings is 1. The van der Waals surface area contributed by atoms with Gasteiger partial charge in [0, 0.05) is 31.4 Å². The van der Waals surface area contributed by atoms with Crippen LogP contribution in [-0.2, 0) is 0 Å². The summed E-state index contributed by atoms with van der Waals surface area (Å²) in [7, 11) is 1.81. The molecule has 0 aliphatic carbocycles. The van der Waals surface area contributed by atoms with Crippen LogP contribution >= 0.6 is 0 Å². The van der Waals surface area contributed by atoms with Crippen molar-refractivity contribution in [3.63, 3.8) is 0 Å². The van der Waals surface area contributed by atoms with Crippen LogP contribution in [0.1, 0.15) is 74.3 Å². The van der Waals surface area contributed by atoms with Crippen molar-refractivity contribution in [3.8, 4) is 0 Å². The van der Waals surface area contributed by atoms with E-state index in [1.807, 2.05) is 32.2 Å². The Balaban J connectivity index is 0.000000751. The minimum Gasteiger partial charge on any atom is -0.394 e. The minimum absolute atomic E-state index is 0.191. The fourth-order valence-electron chi connectivity index (χ4n) is 4.03. The molecule has 0 spiro atoms. The van der Waals surface area contributed by atoms with Gasteiger partial charge in [-0.3, -0.25) is 0 Å². The highest BCUT2D eigenvalue weighted by Gasteiger charge is 2.18. The molecule has 1 aliphatic rings. The number of benzene rings is 2. The molecule has 2 aromatic rings. The Labute approximate surface area is 226 Å². The lowest BCUT2D eigenvalue weighted by atomic mass is 9.92. The quantitative estimate of drug-likeness (QED) is 0.379. The zero-order valence-corrected chi connectivity index (χ0v) is 24.0. The van der Waals surface area contributed by atoms with Gasteiger partial charge in [-0.2, -0.15) is 0 Å². The largest absolute Gasteiger partial charge is 0.394 e. The zero-order chi connectivity index (χ0) is 27.8. The summed E-state index contributed by atoms with van der Waals surface area (Å²) in [5, 5.41) is 2.69. The number of allylic oxidation sites excluding steroid dienone is 3. The van der Waals surface area contributed by atoms with Crippen molar-refractivity contribution in [2.24, 2.45) is 0 Å². The second-order valence-corrected chi connectivity index (χ2v) is 9.21. The number of unbranched alkanes of at least 4 members (excludes halogenated alkanes) is 1. The predicted molar refractivity (Wildman–Crippen MR) is 164 cm³/mol. The number of aryl methyl sites for hydroxylation is 2. The van der Waals surface area contributed by atoms with E-state index in [0.29, 0.717) is 0 Å². The van der Waals surface area contributed by atoms with Crippen LogP contribution < -0.4 is 5.32 Å². The molecule has 0 aromatic heterocycles. The van der Waals surface area contributed by atoms with Gasteiger partial charge in [0.2, 0.25) is 0 Å². The summed E-state index contributed by atoms with van der Waals surface area (Å²) in [4.78, 5) is 2.38. The average Bonchev–Trinajstić information content (AvgIpc) is 2.92. The molecule has 0 bridgehead atoms. The van der Waals surface area contributed by atoms with E-state index in [2.05, 4.69) is 81.9 Å². The SMILES string of the molecule is C=C/C(=C/C)c1cc(C(=C)N2CCC(=Cc3ccc(F)cc3)CC2)c(C)cc1C.C=CNC.CCCC. The van der Waals surface area contributed by atoms with E-state index in [0.717, 1.165) is 42.8 Å². The van der Waals surface area contributed by atoms with Crippen molar-refractivity contribution >= 4 is 17.3 Å². The van der Waals surface area contributed by atoms with Gasteiger partial charge >= 0.3 is 0 Å². The molecule has 2 nitrogen and oxygen atoms in total. The average molecular weight is 503 g/mol. The molecular formula is C34H47FN2. The van der Waals surface area contributed by atoms with E-state index < -0.39 is 0 Å². The minimum atomic E-state index is -0.191. The third-order valence-electron chi connectivity index (χ3n) is 6.46. The van der Waals surface area contributed by atoms with Crippen LogP contribution in [0.15, 0.2) is 80.1 Å². The van der Waals surface area contributed by atoms with Gasteiger partial charge in [-0.15, -0.1) is 0 Å². The van der Waals surface area contributed by atoms with Gasteiger partial charge < -0.3 is 10.2 Å². The molecule has 0 unspecified atom stereocenters. The van der Waals surface area contributed by atoms with Gasteiger partial charge in [-0.25, -0.2) is 4.39 Å². The van der Waals surface area contributed by atoms with Crippen LogP contribution in [-0.4, -0.2) is 25.0 Å². The summed E-state index contributed by atoms with van der Waals surface area (Å²) in [5.74, 6) is -0.191. The zero-order valence-electron chi connectivity index (χ0n) is 24.0. The summed E-state index contributed by atoms with van der Waals surface area (Å²) in [5.41, 5.74) is 9.65. The topological polar surface area (TPSA) is 15.3 Å². The van der Waals surface area contributed by atoms with Crippen LogP contribution in [0.4, 0.5) is 4.39 Å². The van der Waals surface area contributed by atoms with Crippen LogP contribution in [0.2, 0.25) is 0 Å². The summed E-state index contributed by atoms with van der Waals surface area (Å²) in [6.45, 7) is 24.4. The summed E-state index contributed by atoms with van der Waals surface area (Å²) < 4.78 is 13.1. The molecule has 3 rings (SSSR count). The van der Waals surface area contributed by atoms with Crippen LogP contribution in [0.5, 0.6) is 0 Å². The molecule has 0 saturated carbocycles. The van der Waals surface area contributed by atoms with Crippen molar-refractivity contribution in [2.75, 3.05) is 20.1 Å². The van der Waals surface area contributed by atoms with Crippen LogP contribution in [0.25, 0.3) is 17.3 Å². The molecule has 1 fully saturated rings. The lowest BCUT2D eigenvalue weighted by Crippen LogP contribution is -2.29. The van der Waals surface area contributed by atoms with Gasteiger partial charge in [0.1, 0.15) is 5.82 Å². The first-order valence-electron chi connectivity index (χ1n) is 13.3. The monoisotopic (exact) mass is 502 g/mol. The number of likely N-dealkylation sites (tertiary alicyclic amines) is 1. The first-order chi connectivity index (χ1) is 17.8. The molecule has 2 aromatic carbocycles. The molecule has 0 radical (unpaired) electrons. The van der Waals surface area contributed by atoms with Gasteiger partial charge in [0.25, 0.3) is 0 Å². The molecule has 1 saturated heterocycles. The fourth-order valence-corrected chi connectivity index (χ4v) is 4.03. The van der Waals surface area contributed by atoms with E-state index in [9.17, 15) is 4.39 Å². The fraction of sp³-hybridized carbons (Fsp3) is 0.353. The van der Waals surface area contributed by atoms with Crippen molar-refractivity contribution < 1.29 is 4.39 Å². The molecule has 3 heteroatoms. The number of halogens is 1. The Kier molecular flexibility index (Phi) is 14.7. The van der Waals surface area contributed by atoms with Gasteiger partial charge in [0.05, 0.1) is 0 Å². The smallest absolute Gasteiger partial charge is 0.123 e. The Morgan fingerprint density at radius 2 is 1.51 bits per heavy atom. The standard InChI is InChI=1S/C27H30FN.C4H10.C3H7N/c1-6-24(7-2)27-18-26(19(3)16-20(27)4)21(5)29-14-12-23(13-15-29)17-22-8-10-25(28)11-9-22;2*1-3-4-2/h6-11,16-18H,1,5,12-15H2,2-4H3;3-4H2,1-2H3;3-4H,1H2,2H3/b24-7-;;. The summed E-state index contributed by atoms with van der Waals surface area (Å²) in [6, 6.07) is 11.2. The van der Waals surface area contributed by atoms with Crippen molar-refractivity contribution in [1.82, 2.24) is 10.2 Å². The second-order valence-electron chi connectivity index (χ2n) is 9.21. The molecule has 1 N–H and O–H groups in total. The van der Waals surface area contributed by atoms with E-state index in [1.165, 1.54) is 52.8 Å². The van der Waals surface area contributed by atoms with Crippen molar-refractivity contribution in [2.45, 2.75) is 60.3 Å². The number of nitrogens with one attached hydrogen (secondary N) is 1. The van der Waals surface area contributed by atoms with Crippen LogP contribution in [0, 0.1) is 19.7 Å². The third kappa shape index (κ3) is 10.3. The van der Waals surface area contributed by atoms with Crippen molar-refractivity contribution in [1.29, 1.82) is 0 Å². The van der Waals surface area contributed by atoms with E-state index in [-0.39, 0.29) is 5.82 Å². The molecule has 200 valence electrons. The Bertz CT molecular complexity index is 1060. The summed E-state index contributed by atoms with van der Waals surface area (Å²) >= 11 is 0. The number of hydrogen-bond acceptors (Lipinski definition) is 2. The highest BCUT2D eigenvalue weighted by Crippen LogP contribution is 2.31. The van der Waals surface area contributed by atoms with E-state index in [4.69, 9.17) is 0 Å². The Morgan fingerprint density at radius 3 is 1.97 bits per heavy atom. The normalized spacial score (nSPS) is 12.9. The van der Waals surface area contributed by atoms with Gasteiger partial charge in [-0.1, -0.05) is 88.4 Å². The second kappa shape index (κ2) is 17.2. The third-order valence-corrected chi connectivity index (χ3v) is 6.46. The lowest BCUT2D eigenvalue weighted by Gasteiger charge is -2.33. The van der Waals surface area contributed by atoms with E-state index >= 15 is 0 Å². The molecule has 0 atom stereocenters. The van der Waals surface area contributed by atoms with E-state index in [1.54, 1.807) is 6.20 Å². The Hall–Kier alpha value is -3.33. The van der Waals surface area contributed by atoms with Gasteiger partial charge in [-0.05, 0) is 85.8 Å². The molecule has 1 heterocycles. The highest BCUT2D eigenvalue weighted by molar-refractivity contribution is 5.79. The maximum absolute atomic E-state index is 13.1. The molecule has 0 amide bonds. The highest BCUT2D eigenvalue weighted by atomic mass is 19.1. The molecule has 1 aliphatic heterocycles. The Morgan fingerprint density at radius 1 is 0.973 bits per heavy atom. The number of rotatable bonds is 7.